The van der Waals surface area contributed by atoms with Gasteiger partial charge in [0.15, 0.2) is 0 Å². The van der Waals surface area contributed by atoms with E-state index in [1.807, 2.05) is 20.8 Å². The van der Waals surface area contributed by atoms with Crippen LogP contribution in [0.4, 0.5) is 0 Å². The van der Waals surface area contributed by atoms with Crippen LogP contribution in [0.1, 0.15) is 27.7 Å². The Bertz CT molecular complexity index is 256. The zero-order valence-corrected chi connectivity index (χ0v) is 10.6. The van der Waals surface area contributed by atoms with Gasteiger partial charge < -0.3 is 15.4 Å². The molecule has 16 heavy (non-hydrogen) atoms. The molecule has 0 bridgehead atoms. The molecule has 0 saturated carbocycles. The van der Waals surface area contributed by atoms with E-state index in [1.54, 1.807) is 6.92 Å². The molecule has 1 unspecified atom stereocenters. The second kappa shape index (κ2) is 7.26. The van der Waals surface area contributed by atoms with Crippen LogP contribution in [0.25, 0.3) is 0 Å². The van der Waals surface area contributed by atoms with E-state index < -0.39 is 0 Å². The Hall–Kier alpha value is -1.05. The first kappa shape index (κ1) is 14.9. The number of rotatable bonds is 7. The summed E-state index contributed by atoms with van der Waals surface area (Å²) >= 11 is 0. The number of nitrogens with one attached hydrogen (secondary N) is 2. The molecule has 1 atom stereocenters. The first-order chi connectivity index (χ1) is 7.43. The fourth-order valence-electron chi connectivity index (χ4n) is 1.22. The van der Waals surface area contributed by atoms with E-state index in [0.29, 0.717) is 13.2 Å². The van der Waals surface area contributed by atoms with Crippen molar-refractivity contribution in [2.75, 3.05) is 19.7 Å². The lowest BCUT2D eigenvalue weighted by atomic mass is 10.1. The molecule has 4 nitrogen and oxygen atoms in total. The second-order valence-corrected chi connectivity index (χ2v) is 4.22. The molecule has 2 N–H and O–H groups in total. The normalized spacial score (nSPS) is 12.9. The summed E-state index contributed by atoms with van der Waals surface area (Å²) in [4.78, 5) is 11.5. The second-order valence-electron chi connectivity index (χ2n) is 4.22. The molecule has 92 valence electrons. The highest BCUT2D eigenvalue weighted by atomic mass is 16.5. The van der Waals surface area contributed by atoms with E-state index in [-0.39, 0.29) is 24.1 Å². The van der Waals surface area contributed by atoms with Crippen molar-refractivity contribution in [3.8, 4) is 12.3 Å². The lowest BCUT2D eigenvalue weighted by Gasteiger charge is -2.26. The van der Waals surface area contributed by atoms with E-state index >= 15 is 0 Å². The third kappa shape index (κ3) is 6.44. The van der Waals surface area contributed by atoms with Gasteiger partial charge in [0.25, 0.3) is 0 Å². The Balaban J connectivity index is 3.92. The van der Waals surface area contributed by atoms with Gasteiger partial charge in [-0.2, -0.15) is 0 Å². The van der Waals surface area contributed by atoms with Gasteiger partial charge in [0, 0.05) is 13.2 Å². The van der Waals surface area contributed by atoms with Crippen LogP contribution in [0.5, 0.6) is 0 Å². The minimum Gasteiger partial charge on any atom is -0.375 e. The van der Waals surface area contributed by atoms with E-state index in [9.17, 15) is 4.79 Å². The maximum absolute atomic E-state index is 11.5. The van der Waals surface area contributed by atoms with E-state index in [2.05, 4.69) is 16.6 Å². The summed E-state index contributed by atoms with van der Waals surface area (Å²) in [6.07, 6.45) is 5.05. The SMILES string of the molecule is C#CCNC(=O)C(C)NCC(C)(C)OCC. The van der Waals surface area contributed by atoms with Crippen LogP contribution in [0.3, 0.4) is 0 Å². The lowest BCUT2D eigenvalue weighted by Crippen LogP contribution is -2.48. The topological polar surface area (TPSA) is 50.4 Å². The van der Waals surface area contributed by atoms with E-state index in [4.69, 9.17) is 11.2 Å². The van der Waals surface area contributed by atoms with Gasteiger partial charge in [-0.25, -0.2) is 0 Å². The minimum absolute atomic E-state index is 0.0924. The largest absolute Gasteiger partial charge is 0.375 e. The van der Waals surface area contributed by atoms with Crippen LogP contribution in [0, 0.1) is 12.3 Å². The predicted molar refractivity (Wildman–Crippen MR) is 65.0 cm³/mol. The fourth-order valence-corrected chi connectivity index (χ4v) is 1.22. The summed E-state index contributed by atoms with van der Waals surface area (Å²) in [6, 6.07) is -0.270. The van der Waals surface area contributed by atoms with Crippen molar-refractivity contribution in [1.29, 1.82) is 0 Å². The maximum Gasteiger partial charge on any atom is 0.237 e. The number of ether oxygens (including phenoxy) is 1. The van der Waals surface area contributed by atoms with Crippen molar-refractivity contribution in [3.05, 3.63) is 0 Å². The molecule has 0 aliphatic heterocycles. The molecule has 0 aliphatic rings. The molecule has 0 heterocycles. The quantitative estimate of drug-likeness (QED) is 0.623. The Morgan fingerprint density at radius 1 is 1.56 bits per heavy atom. The van der Waals surface area contributed by atoms with Crippen molar-refractivity contribution in [3.63, 3.8) is 0 Å². The smallest absolute Gasteiger partial charge is 0.237 e. The van der Waals surface area contributed by atoms with Gasteiger partial charge in [0.2, 0.25) is 5.91 Å². The highest BCUT2D eigenvalue weighted by Crippen LogP contribution is 2.07. The van der Waals surface area contributed by atoms with Gasteiger partial charge in [-0.15, -0.1) is 6.42 Å². The van der Waals surface area contributed by atoms with Crippen LogP contribution >= 0.6 is 0 Å². The average molecular weight is 226 g/mol. The summed E-state index contributed by atoms with van der Waals surface area (Å²) in [5.74, 6) is 2.27. The van der Waals surface area contributed by atoms with Gasteiger partial charge in [-0.3, -0.25) is 4.79 Å². The molecule has 4 heteroatoms. The molecule has 1 amide bonds. The molecule has 0 rings (SSSR count). The first-order valence-corrected chi connectivity index (χ1v) is 5.51. The van der Waals surface area contributed by atoms with Gasteiger partial charge >= 0.3 is 0 Å². The molecule has 0 aromatic heterocycles. The Labute approximate surface area is 98.1 Å². The molecule has 0 fully saturated rings. The maximum atomic E-state index is 11.5. The van der Waals surface area contributed by atoms with Crippen LogP contribution in [0.15, 0.2) is 0 Å². The first-order valence-electron chi connectivity index (χ1n) is 5.51. The van der Waals surface area contributed by atoms with Gasteiger partial charge in [-0.05, 0) is 27.7 Å². The number of carbonyl (C=O) groups is 1. The third-order valence-corrected chi connectivity index (χ3v) is 2.13. The van der Waals surface area contributed by atoms with Crippen molar-refractivity contribution < 1.29 is 9.53 Å². The van der Waals surface area contributed by atoms with Crippen LogP contribution in [-0.4, -0.2) is 37.2 Å². The van der Waals surface area contributed by atoms with Crippen molar-refractivity contribution >= 4 is 5.91 Å². The lowest BCUT2D eigenvalue weighted by molar-refractivity contribution is -0.122. The number of terminal acetylenes is 1. The van der Waals surface area contributed by atoms with Crippen molar-refractivity contribution in [2.45, 2.75) is 39.3 Å². The molecular weight excluding hydrogens is 204 g/mol. The molecule has 0 spiro atoms. The monoisotopic (exact) mass is 226 g/mol. The van der Waals surface area contributed by atoms with Gasteiger partial charge in [0.1, 0.15) is 0 Å². The zero-order valence-electron chi connectivity index (χ0n) is 10.6. The number of amides is 1. The highest BCUT2D eigenvalue weighted by molar-refractivity contribution is 5.81. The van der Waals surface area contributed by atoms with E-state index in [1.165, 1.54) is 0 Å². The third-order valence-electron chi connectivity index (χ3n) is 2.13. The number of hydrogen-bond acceptors (Lipinski definition) is 3. The molecule has 0 saturated heterocycles. The fraction of sp³-hybridized carbons (Fsp3) is 0.750. The standard InChI is InChI=1S/C12H22N2O2/c1-6-8-13-11(15)10(3)14-9-12(4,5)16-7-2/h1,10,14H,7-9H2,2-5H3,(H,13,15). The summed E-state index contributed by atoms with van der Waals surface area (Å²) < 4.78 is 5.51. The molecule has 0 aromatic rings. The Morgan fingerprint density at radius 3 is 2.69 bits per heavy atom. The summed E-state index contributed by atoms with van der Waals surface area (Å²) in [5.41, 5.74) is -0.268. The van der Waals surface area contributed by atoms with E-state index in [0.717, 1.165) is 0 Å². The Kier molecular flexibility index (Phi) is 6.78. The molecule has 0 aliphatic carbocycles. The zero-order chi connectivity index (χ0) is 12.6. The Morgan fingerprint density at radius 2 is 2.19 bits per heavy atom. The van der Waals surface area contributed by atoms with Gasteiger partial charge in [-0.1, -0.05) is 5.92 Å². The predicted octanol–water partition coefficient (Wildman–Crippen LogP) is 0.529. The highest BCUT2D eigenvalue weighted by Gasteiger charge is 2.20. The number of hydrogen-bond donors (Lipinski definition) is 2. The van der Waals surface area contributed by atoms with Gasteiger partial charge in [0.05, 0.1) is 18.2 Å². The summed E-state index contributed by atoms with van der Waals surface area (Å²) in [6.45, 7) is 9.25. The number of carbonyl (C=O) groups excluding carboxylic acids is 1. The average Bonchev–Trinajstić information content (AvgIpc) is 2.22. The summed E-state index contributed by atoms with van der Waals surface area (Å²) in [7, 11) is 0. The van der Waals surface area contributed by atoms with Crippen molar-refractivity contribution in [2.24, 2.45) is 0 Å². The van der Waals surface area contributed by atoms with Crippen molar-refractivity contribution in [1.82, 2.24) is 10.6 Å². The van der Waals surface area contributed by atoms with Crippen LogP contribution < -0.4 is 10.6 Å². The van der Waals surface area contributed by atoms with Crippen LogP contribution in [-0.2, 0) is 9.53 Å². The molecular formula is C12H22N2O2. The minimum atomic E-state index is -0.270. The molecule has 0 radical (unpaired) electrons. The summed E-state index contributed by atoms with van der Waals surface area (Å²) in [5, 5.41) is 5.73. The van der Waals surface area contributed by atoms with Crippen LogP contribution in [0.2, 0.25) is 0 Å². The molecule has 0 aromatic carbocycles.